The van der Waals surface area contributed by atoms with Crippen molar-refractivity contribution >= 4 is 17.3 Å². The molecule has 1 atom stereocenters. The van der Waals surface area contributed by atoms with Crippen molar-refractivity contribution in [2.45, 2.75) is 40.7 Å². The van der Waals surface area contributed by atoms with E-state index in [2.05, 4.69) is 48.7 Å². The third-order valence-electron chi connectivity index (χ3n) is 3.99. The third-order valence-corrected chi connectivity index (χ3v) is 3.99. The van der Waals surface area contributed by atoms with Crippen molar-refractivity contribution in [3.8, 4) is 5.75 Å². The highest BCUT2D eigenvalue weighted by Crippen LogP contribution is 2.31. The van der Waals surface area contributed by atoms with Crippen molar-refractivity contribution in [1.82, 2.24) is 0 Å². The summed E-state index contributed by atoms with van der Waals surface area (Å²) >= 11 is 0. The van der Waals surface area contributed by atoms with E-state index in [4.69, 9.17) is 4.74 Å². The van der Waals surface area contributed by atoms with E-state index >= 15 is 0 Å². The highest BCUT2D eigenvalue weighted by molar-refractivity contribution is 5.92. The van der Waals surface area contributed by atoms with Gasteiger partial charge in [-0.25, -0.2) is 0 Å². The lowest BCUT2D eigenvalue weighted by Crippen LogP contribution is -2.18. The summed E-state index contributed by atoms with van der Waals surface area (Å²) in [6, 6.07) is 14.2. The molecule has 134 valence electrons. The molecule has 0 fully saturated rings. The Morgan fingerprint density at radius 1 is 1.12 bits per heavy atom. The van der Waals surface area contributed by atoms with Crippen LogP contribution in [0.1, 0.15) is 44.9 Å². The third kappa shape index (κ3) is 5.24. The Morgan fingerprint density at radius 3 is 2.52 bits per heavy atom. The Balaban J connectivity index is 2.25. The van der Waals surface area contributed by atoms with Gasteiger partial charge < -0.3 is 15.4 Å². The molecule has 0 aliphatic rings. The number of aryl methyl sites for hydroxylation is 1. The van der Waals surface area contributed by atoms with Crippen molar-refractivity contribution in [2.24, 2.45) is 5.92 Å². The van der Waals surface area contributed by atoms with E-state index in [9.17, 15) is 4.79 Å². The SMILES string of the molecule is CCOc1ccc(NC(=O)C(C)C)cc1NC(C)c1cccc(C)c1. The number of ether oxygens (including phenoxy) is 1. The highest BCUT2D eigenvalue weighted by Gasteiger charge is 2.13. The Hall–Kier alpha value is -2.49. The fourth-order valence-electron chi connectivity index (χ4n) is 2.54. The van der Waals surface area contributed by atoms with Crippen LogP contribution in [0.25, 0.3) is 0 Å². The molecule has 25 heavy (non-hydrogen) atoms. The van der Waals surface area contributed by atoms with Crippen LogP contribution in [0.2, 0.25) is 0 Å². The van der Waals surface area contributed by atoms with Crippen molar-refractivity contribution in [1.29, 1.82) is 0 Å². The van der Waals surface area contributed by atoms with Crippen LogP contribution < -0.4 is 15.4 Å². The molecule has 1 amide bonds. The number of rotatable bonds is 7. The number of carbonyl (C=O) groups is 1. The lowest BCUT2D eigenvalue weighted by molar-refractivity contribution is -0.118. The van der Waals surface area contributed by atoms with Crippen LogP contribution in [0, 0.1) is 12.8 Å². The standard InChI is InChI=1S/C21H28N2O2/c1-6-25-20-11-10-18(23-21(24)14(2)3)13-19(20)22-16(5)17-9-7-8-15(4)12-17/h7-14,16,22H,6H2,1-5H3,(H,23,24). The first-order valence-corrected chi connectivity index (χ1v) is 8.81. The van der Waals surface area contributed by atoms with Gasteiger partial charge in [-0.3, -0.25) is 4.79 Å². The van der Waals surface area contributed by atoms with Gasteiger partial charge in [0.15, 0.2) is 0 Å². The Bertz CT molecular complexity index is 726. The molecule has 0 aromatic heterocycles. The minimum Gasteiger partial charge on any atom is -0.492 e. The molecule has 0 radical (unpaired) electrons. The molecule has 0 bridgehead atoms. The lowest BCUT2D eigenvalue weighted by atomic mass is 10.1. The number of benzene rings is 2. The van der Waals surface area contributed by atoms with Crippen molar-refractivity contribution in [3.63, 3.8) is 0 Å². The molecule has 2 aromatic rings. The predicted molar refractivity (Wildman–Crippen MR) is 104 cm³/mol. The quantitative estimate of drug-likeness (QED) is 0.732. The zero-order valence-electron chi connectivity index (χ0n) is 15.7. The molecule has 0 heterocycles. The van der Waals surface area contributed by atoms with E-state index in [1.165, 1.54) is 11.1 Å². The molecule has 1 unspecified atom stereocenters. The number of nitrogens with one attached hydrogen (secondary N) is 2. The summed E-state index contributed by atoms with van der Waals surface area (Å²) in [5, 5.41) is 6.44. The summed E-state index contributed by atoms with van der Waals surface area (Å²) in [7, 11) is 0. The number of hydrogen-bond donors (Lipinski definition) is 2. The fourth-order valence-corrected chi connectivity index (χ4v) is 2.54. The molecule has 0 aliphatic carbocycles. The molecule has 2 aromatic carbocycles. The van der Waals surface area contributed by atoms with Gasteiger partial charge in [-0.2, -0.15) is 0 Å². The normalized spacial score (nSPS) is 11.9. The maximum absolute atomic E-state index is 12.0. The maximum Gasteiger partial charge on any atom is 0.226 e. The Labute approximate surface area is 150 Å². The summed E-state index contributed by atoms with van der Waals surface area (Å²) in [6.45, 7) is 10.5. The van der Waals surface area contributed by atoms with Crippen LogP contribution in [-0.2, 0) is 4.79 Å². The monoisotopic (exact) mass is 340 g/mol. The van der Waals surface area contributed by atoms with Gasteiger partial charge in [-0.1, -0.05) is 43.7 Å². The van der Waals surface area contributed by atoms with E-state index in [-0.39, 0.29) is 17.9 Å². The molecule has 0 aliphatic heterocycles. The second kappa shape index (κ2) is 8.56. The minimum atomic E-state index is -0.0609. The van der Waals surface area contributed by atoms with Gasteiger partial charge in [-0.15, -0.1) is 0 Å². The minimum absolute atomic E-state index is 0.00171. The Kier molecular flexibility index (Phi) is 6.45. The van der Waals surface area contributed by atoms with E-state index < -0.39 is 0 Å². The highest BCUT2D eigenvalue weighted by atomic mass is 16.5. The van der Waals surface area contributed by atoms with Crippen molar-refractivity contribution < 1.29 is 9.53 Å². The first-order valence-electron chi connectivity index (χ1n) is 8.81. The summed E-state index contributed by atoms with van der Waals surface area (Å²) in [5.74, 6) is 0.723. The molecule has 0 saturated carbocycles. The van der Waals surface area contributed by atoms with E-state index in [1.54, 1.807) is 0 Å². The number of hydrogen-bond acceptors (Lipinski definition) is 3. The molecule has 4 heteroatoms. The van der Waals surface area contributed by atoms with Gasteiger partial charge >= 0.3 is 0 Å². The summed E-state index contributed by atoms with van der Waals surface area (Å²) in [4.78, 5) is 12.0. The second-order valence-corrected chi connectivity index (χ2v) is 6.57. The average molecular weight is 340 g/mol. The fraction of sp³-hybridized carbons (Fsp3) is 0.381. The summed E-state index contributed by atoms with van der Waals surface area (Å²) in [5.41, 5.74) is 4.08. The van der Waals surface area contributed by atoms with E-state index in [0.717, 1.165) is 17.1 Å². The first-order chi connectivity index (χ1) is 11.9. The molecule has 0 saturated heterocycles. The van der Waals surface area contributed by atoms with Crippen LogP contribution in [0.5, 0.6) is 5.75 Å². The topological polar surface area (TPSA) is 50.4 Å². The van der Waals surface area contributed by atoms with Gasteiger partial charge in [0.05, 0.1) is 12.3 Å². The first kappa shape index (κ1) is 18.8. The van der Waals surface area contributed by atoms with Crippen molar-refractivity contribution in [3.05, 3.63) is 53.6 Å². The zero-order valence-corrected chi connectivity index (χ0v) is 15.7. The molecule has 4 nitrogen and oxygen atoms in total. The van der Waals surface area contributed by atoms with Crippen molar-refractivity contribution in [2.75, 3.05) is 17.2 Å². The molecular weight excluding hydrogens is 312 g/mol. The van der Waals surface area contributed by atoms with Gasteiger partial charge in [0, 0.05) is 17.6 Å². The second-order valence-electron chi connectivity index (χ2n) is 6.57. The Morgan fingerprint density at radius 2 is 1.88 bits per heavy atom. The predicted octanol–water partition coefficient (Wildman–Crippen LogP) is 5.16. The smallest absolute Gasteiger partial charge is 0.226 e. The summed E-state index contributed by atoms with van der Waals surface area (Å²) < 4.78 is 5.73. The average Bonchev–Trinajstić information content (AvgIpc) is 2.57. The summed E-state index contributed by atoms with van der Waals surface area (Å²) in [6.07, 6.45) is 0. The number of anilines is 2. The molecule has 2 rings (SSSR count). The van der Waals surface area contributed by atoms with Gasteiger partial charge in [0.1, 0.15) is 5.75 Å². The molecule has 0 spiro atoms. The lowest BCUT2D eigenvalue weighted by Gasteiger charge is -2.20. The largest absolute Gasteiger partial charge is 0.492 e. The zero-order chi connectivity index (χ0) is 18.4. The van der Waals surface area contributed by atoms with Crippen LogP contribution in [0.4, 0.5) is 11.4 Å². The molecule has 2 N–H and O–H groups in total. The maximum atomic E-state index is 12.0. The van der Waals surface area contributed by atoms with Crippen LogP contribution in [0.15, 0.2) is 42.5 Å². The van der Waals surface area contributed by atoms with Gasteiger partial charge in [0.25, 0.3) is 0 Å². The van der Waals surface area contributed by atoms with Crippen LogP contribution in [-0.4, -0.2) is 12.5 Å². The van der Waals surface area contributed by atoms with Gasteiger partial charge in [-0.05, 0) is 44.5 Å². The van der Waals surface area contributed by atoms with E-state index in [0.29, 0.717) is 6.61 Å². The molecular formula is C21H28N2O2. The van der Waals surface area contributed by atoms with E-state index in [1.807, 2.05) is 39.0 Å². The van der Waals surface area contributed by atoms with Crippen LogP contribution in [0.3, 0.4) is 0 Å². The number of amides is 1. The number of carbonyl (C=O) groups excluding carboxylic acids is 1. The van der Waals surface area contributed by atoms with Crippen LogP contribution >= 0.6 is 0 Å². The van der Waals surface area contributed by atoms with Gasteiger partial charge in [0.2, 0.25) is 5.91 Å².